The molecule has 0 aliphatic carbocycles. The summed E-state index contributed by atoms with van der Waals surface area (Å²) in [5, 5.41) is 3.41. The van der Waals surface area contributed by atoms with E-state index in [0.717, 1.165) is 38.2 Å². The van der Waals surface area contributed by atoms with E-state index in [2.05, 4.69) is 23.5 Å². The molecule has 0 radical (unpaired) electrons. The zero-order valence-corrected chi connectivity index (χ0v) is 9.37. The van der Waals surface area contributed by atoms with Gasteiger partial charge in [-0.25, -0.2) is 0 Å². The van der Waals surface area contributed by atoms with Crippen molar-refractivity contribution in [3.63, 3.8) is 0 Å². The molecule has 86 valence electrons. The molecule has 1 N–H and O–H groups in total. The second-order valence-electron chi connectivity index (χ2n) is 4.37. The van der Waals surface area contributed by atoms with Crippen LogP contribution < -0.4 is 5.32 Å². The van der Waals surface area contributed by atoms with E-state index in [4.69, 9.17) is 9.47 Å². The Bertz CT molecular complexity index is 372. The van der Waals surface area contributed by atoms with Crippen LogP contribution in [0.5, 0.6) is 0 Å². The van der Waals surface area contributed by atoms with Crippen molar-refractivity contribution in [2.75, 3.05) is 25.1 Å². The van der Waals surface area contributed by atoms with Gasteiger partial charge in [0.2, 0.25) is 0 Å². The normalized spacial score (nSPS) is 21.2. The van der Waals surface area contributed by atoms with Crippen molar-refractivity contribution in [2.24, 2.45) is 0 Å². The van der Waals surface area contributed by atoms with Gasteiger partial charge in [0.15, 0.2) is 6.29 Å². The molecular formula is C13H17NO2. The lowest BCUT2D eigenvalue weighted by atomic mass is 10.0. The molecule has 1 aromatic rings. The zero-order valence-electron chi connectivity index (χ0n) is 9.37. The summed E-state index contributed by atoms with van der Waals surface area (Å²) in [6.45, 7) is 2.70. The number of anilines is 1. The van der Waals surface area contributed by atoms with Gasteiger partial charge in [-0.05, 0) is 37.0 Å². The highest BCUT2D eigenvalue weighted by Crippen LogP contribution is 2.29. The molecule has 3 heteroatoms. The molecule has 1 fully saturated rings. The van der Waals surface area contributed by atoms with E-state index in [-0.39, 0.29) is 6.29 Å². The van der Waals surface area contributed by atoms with Crippen LogP contribution in [0.3, 0.4) is 0 Å². The summed E-state index contributed by atoms with van der Waals surface area (Å²) in [5.74, 6) is 0. The van der Waals surface area contributed by atoms with Crippen LogP contribution in [-0.4, -0.2) is 19.8 Å². The molecule has 0 bridgehead atoms. The van der Waals surface area contributed by atoms with Gasteiger partial charge in [0.25, 0.3) is 0 Å². The van der Waals surface area contributed by atoms with Crippen molar-refractivity contribution >= 4 is 5.69 Å². The molecular weight excluding hydrogens is 202 g/mol. The summed E-state index contributed by atoms with van der Waals surface area (Å²) >= 11 is 0. The quantitative estimate of drug-likeness (QED) is 0.787. The van der Waals surface area contributed by atoms with Crippen molar-refractivity contribution in [2.45, 2.75) is 25.6 Å². The number of nitrogens with one attached hydrogen (secondary N) is 1. The number of ether oxygens (including phenoxy) is 2. The average molecular weight is 219 g/mol. The van der Waals surface area contributed by atoms with Gasteiger partial charge in [-0.1, -0.05) is 6.07 Å². The number of benzene rings is 1. The summed E-state index contributed by atoms with van der Waals surface area (Å²) in [5.41, 5.74) is 3.81. The summed E-state index contributed by atoms with van der Waals surface area (Å²) in [6, 6.07) is 6.47. The Balaban J connectivity index is 1.84. The highest BCUT2D eigenvalue weighted by Gasteiger charge is 2.18. The molecule has 16 heavy (non-hydrogen) atoms. The first kappa shape index (κ1) is 10.1. The Morgan fingerprint density at radius 1 is 1.12 bits per heavy atom. The van der Waals surface area contributed by atoms with Crippen LogP contribution >= 0.6 is 0 Å². The predicted octanol–water partition coefficient (Wildman–Crippen LogP) is 2.48. The Morgan fingerprint density at radius 3 is 2.88 bits per heavy atom. The first-order valence-corrected chi connectivity index (χ1v) is 6.03. The van der Waals surface area contributed by atoms with Gasteiger partial charge < -0.3 is 14.8 Å². The number of fused-ring (bicyclic) bond motifs is 1. The molecule has 1 aromatic carbocycles. The number of hydrogen-bond donors (Lipinski definition) is 1. The van der Waals surface area contributed by atoms with E-state index in [9.17, 15) is 0 Å². The van der Waals surface area contributed by atoms with Gasteiger partial charge in [-0.2, -0.15) is 0 Å². The van der Waals surface area contributed by atoms with E-state index in [1.165, 1.54) is 17.7 Å². The molecule has 2 heterocycles. The van der Waals surface area contributed by atoms with E-state index in [0.29, 0.717) is 0 Å². The van der Waals surface area contributed by atoms with E-state index in [1.54, 1.807) is 0 Å². The third-order valence-corrected chi connectivity index (χ3v) is 3.17. The lowest BCUT2D eigenvalue weighted by Gasteiger charge is -2.25. The third-order valence-electron chi connectivity index (χ3n) is 3.17. The van der Waals surface area contributed by atoms with E-state index in [1.807, 2.05) is 0 Å². The first-order chi connectivity index (χ1) is 7.93. The fourth-order valence-corrected chi connectivity index (χ4v) is 2.32. The highest BCUT2D eigenvalue weighted by atomic mass is 16.7. The molecule has 0 spiro atoms. The minimum Gasteiger partial charge on any atom is -0.385 e. The van der Waals surface area contributed by atoms with Crippen LogP contribution in [0.1, 0.15) is 30.3 Å². The highest BCUT2D eigenvalue weighted by molar-refractivity contribution is 5.54. The second kappa shape index (κ2) is 4.44. The molecule has 0 aromatic heterocycles. The van der Waals surface area contributed by atoms with Crippen molar-refractivity contribution in [1.29, 1.82) is 0 Å². The standard InChI is InChI=1S/C13H17NO2/c1-3-10-9-11(4-5-12(10)14-6-1)13-15-7-2-8-16-13/h4-5,9,13-14H,1-3,6-8H2. The van der Waals surface area contributed by atoms with Gasteiger partial charge in [-0.15, -0.1) is 0 Å². The Kier molecular flexibility index (Phi) is 2.80. The van der Waals surface area contributed by atoms with Gasteiger partial charge >= 0.3 is 0 Å². The average Bonchev–Trinajstić information content (AvgIpc) is 2.39. The van der Waals surface area contributed by atoms with Crippen LogP contribution in [0.25, 0.3) is 0 Å². The van der Waals surface area contributed by atoms with Gasteiger partial charge in [0, 0.05) is 17.8 Å². The molecule has 0 unspecified atom stereocenters. The van der Waals surface area contributed by atoms with Crippen molar-refractivity contribution in [1.82, 2.24) is 0 Å². The van der Waals surface area contributed by atoms with E-state index < -0.39 is 0 Å². The number of hydrogen-bond acceptors (Lipinski definition) is 3. The fourth-order valence-electron chi connectivity index (χ4n) is 2.32. The van der Waals surface area contributed by atoms with Crippen molar-refractivity contribution < 1.29 is 9.47 Å². The van der Waals surface area contributed by atoms with Crippen LogP contribution in [0, 0.1) is 0 Å². The van der Waals surface area contributed by atoms with Crippen LogP contribution in [-0.2, 0) is 15.9 Å². The molecule has 2 aliphatic heterocycles. The fraction of sp³-hybridized carbons (Fsp3) is 0.538. The zero-order chi connectivity index (χ0) is 10.8. The van der Waals surface area contributed by atoms with Gasteiger partial charge in [-0.3, -0.25) is 0 Å². The van der Waals surface area contributed by atoms with E-state index >= 15 is 0 Å². The summed E-state index contributed by atoms with van der Waals surface area (Å²) in [7, 11) is 0. The molecule has 0 amide bonds. The maximum Gasteiger partial charge on any atom is 0.183 e. The first-order valence-electron chi connectivity index (χ1n) is 6.03. The minimum atomic E-state index is -0.152. The van der Waals surface area contributed by atoms with Gasteiger partial charge in [0.05, 0.1) is 13.2 Å². The van der Waals surface area contributed by atoms with Crippen molar-refractivity contribution in [3.8, 4) is 0 Å². The lowest BCUT2D eigenvalue weighted by Crippen LogP contribution is -2.18. The van der Waals surface area contributed by atoms with Gasteiger partial charge in [0.1, 0.15) is 0 Å². The molecule has 0 atom stereocenters. The summed E-state index contributed by atoms with van der Waals surface area (Å²) in [4.78, 5) is 0. The van der Waals surface area contributed by atoms with Crippen LogP contribution in [0.2, 0.25) is 0 Å². The summed E-state index contributed by atoms with van der Waals surface area (Å²) in [6.07, 6.45) is 3.22. The monoisotopic (exact) mass is 219 g/mol. The minimum absolute atomic E-state index is 0.152. The molecule has 3 rings (SSSR count). The number of aryl methyl sites for hydroxylation is 1. The maximum absolute atomic E-state index is 5.61. The second-order valence-corrected chi connectivity index (χ2v) is 4.37. The predicted molar refractivity (Wildman–Crippen MR) is 62.5 cm³/mol. The Hall–Kier alpha value is -1.06. The lowest BCUT2D eigenvalue weighted by molar-refractivity contribution is -0.183. The Labute approximate surface area is 95.8 Å². The van der Waals surface area contributed by atoms with Crippen molar-refractivity contribution in [3.05, 3.63) is 29.3 Å². The van der Waals surface area contributed by atoms with Crippen LogP contribution in [0.15, 0.2) is 18.2 Å². The topological polar surface area (TPSA) is 30.5 Å². The Morgan fingerprint density at radius 2 is 2.00 bits per heavy atom. The number of rotatable bonds is 1. The molecule has 0 saturated carbocycles. The molecule has 3 nitrogen and oxygen atoms in total. The SMILES string of the molecule is c1cc2c(cc1C1OCCCO1)CCCN2. The third kappa shape index (κ3) is 1.93. The maximum atomic E-state index is 5.61. The largest absolute Gasteiger partial charge is 0.385 e. The van der Waals surface area contributed by atoms with Crippen LogP contribution in [0.4, 0.5) is 5.69 Å². The smallest absolute Gasteiger partial charge is 0.183 e. The molecule has 1 saturated heterocycles. The molecule has 2 aliphatic rings. The summed E-state index contributed by atoms with van der Waals surface area (Å²) < 4.78 is 11.2.